The van der Waals surface area contributed by atoms with E-state index in [4.69, 9.17) is 1.37 Å². The molecule has 2 heterocycles. The van der Waals surface area contributed by atoms with E-state index in [0.29, 0.717) is 11.7 Å². The van der Waals surface area contributed by atoms with Gasteiger partial charge >= 0.3 is 0 Å². The fraction of sp³-hybridized carbons (Fsp3) is 0. The fourth-order valence-corrected chi connectivity index (χ4v) is 0.920. The Labute approximate surface area is 71.5 Å². The summed E-state index contributed by atoms with van der Waals surface area (Å²) in [6, 6.07) is 5.61. The van der Waals surface area contributed by atoms with Gasteiger partial charge in [-0.05, 0) is 24.2 Å². The Morgan fingerprint density at radius 3 is 2.75 bits per heavy atom. The van der Waals surface area contributed by atoms with Gasteiger partial charge in [-0.3, -0.25) is 4.98 Å². The van der Waals surface area contributed by atoms with Gasteiger partial charge in [0.1, 0.15) is 0 Å². The molecule has 0 aliphatic rings. The molecule has 2 aromatic heterocycles. The Morgan fingerprint density at radius 2 is 2.00 bits per heavy atom. The minimum atomic E-state index is 0.376. The van der Waals surface area contributed by atoms with Crippen molar-refractivity contribution in [2.24, 2.45) is 0 Å². The summed E-state index contributed by atoms with van der Waals surface area (Å²) in [5.74, 6) is 0. The van der Waals surface area contributed by atoms with E-state index in [-0.39, 0.29) is 0 Å². The molecule has 0 bridgehead atoms. The molecule has 0 atom stereocenters. The summed E-state index contributed by atoms with van der Waals surface area (Å²) >= 11 is 0. The summed E-state index contributed by atoms with van der Waals surface area (Å²) in [4.78, 5) is 3.89. The summed E-state index contributed by atoms with van der Waals surface area (Å²) in [6.45, 7) is 0. The van der Waals surface area contributed by atoms with Gasteiger partial charge in [0.05, 0.1) is 7.06 Å². The average molecular weight is 158 g/mol. The predicted octanol–water partition coefficient (Wildman–Crippen LogP) is 1.54. The van der Waals surface area contributed by atoms with Crippen molar-refractivity contribution in [3.05, 3.63) is 42.8 Å². The molecule has 0 aliphatic heterocycles. The number of hydrogen-bond donors (Lipinski definition) is 0. The van der Waals surface area contributed by atoms with Gasteiger partial charge in [0.25, 0.3) is 0 Å². The monoisotopic (exact) mass is 158 g/mol. The lowest BCUT2D eigenvalue weighted by molar-refractivity contribution is 1.04. The van der Waals surface area contributed by atoms with Gasteiger partial charge in [-0.15, -0.1) is 0 Å². The second-order valence-electron chi connectivity index (χ2n) is 2.26. The molecule has 2 aromatic rings. The van der Waals surface area contributed by atoms with Gasteiger partial charge in [-0.1, -0.05) is 0 Å². The smallest absolute Gasteiger partial charge is 0.0930 e. The molecule has 0 N–H and O–H groups in total. The highest BCUT2D eigenvalue weighted by Gasteiger charge is 1.95. The van der Waals surface area contributed by atoms with Crippen LogP contribution in [0.3, 0.4) is 0 Å². The third-order valence-electron chi connectivity index (χ3n) is 1.47. The van der Waals surface area contributed by atoms with E-state index >= 15 is 0 Å². The largest absolute Gasteiger partial charge is 0.265 e. The second-order valence-corrected chi connectivity index (χ2v) is 2.26. The Hall–Kier alpha value is -1.77. The lowest BCUT2D eigenvalue weighted by Crippen LogP contribution is -1.84. The van der Waals surface area contributed by atoms with Crippen molar-refractivity contribution in [3.8, 4) is 11.3 Å². The molecule has 2 rings (SSSR count). The minimum absolute atomic E-state index is 0.376. The number of nitrogens with zero attached hydrogens (tertiary/aromatic N) is 3. The van der Waals surface area contributed by atoms with Gasteiger partial charge in [0.15, 0.2) is 0 Å². The Balaban J connectivity index is 2.54. The molecule has 0 aromatic carbocycles. The van der Waals surface area contributed by atoms with E-state index < -0.39 is 0 Å². The number of pyridine rings is 1. The van der Waals surface area contributed by atoms with Gasteiger partial charge in [0, 0.05) is 24.2 Å². The fourth-order valence-electron chi connectivity index (χ4n) is 0.920. The molecule has 0 spiro atoms. The Morgan fingerprint density at radius 1 is 1.17 bits per heavy atom. The first kappa shape index (κ1) is 5.83. The molecule has 0 amide bonds. The molecule has 12 heavy (non-hydrogen) atoms. The van der Waals surface area contributed by atoms with Crippen LogP contribution in [-0.4, -0.2) is 15.2 Å². The second kappa shape index (κ2) is 3.09. The van der Waals surface area contributed by atoms with Crippen molar-refractivity contribution >= 4 is 0 Å². The van der Waals surface area contributed by atoms with Crippen molar-refractivity contribution in [1.82, 2.24) is 15.2 Å². The van der Waals surface area contributed by atoms with E-state index in [1.807, 2.05) is 12.1 Å². The number of hydrogen-bond acceptors (Lipinski definition) is 3. The highest BCUT2D eigenvalue weighted by Crippen LogP contribution is 2.12. The summed E-state index contributed by atoms with van der Waals surface area (Å²) in [6.07, 6.45) is 4.85. The van der Waals surface area contributed by atoms with E-state index in [1.165, 1.54) is 6.20 Å². The molecule has 0 aliphatic carbocycles. The maximum atomic E-state index is 7.59. The molecule has 0 fully saturated rings. The van der Waals surface area contributed by atoms with Crippen LogP contribution in [0.2, 0.25) is 0 Å². The zero-order chi connectivity index (χ0) is 9.10. The quantitative estimate of drug-likeness (QED) is 0.631. The van der Waals surface area contributed by atoms with Gasteiger partial charge in [0.2, 0.25) is 0 Å². The van der Waals surface area contributed by atoms with Crippen LogP contribution in [0.25, 0.3) is 11.3 Å². The van der Waals surface area contributed by atoms with Crippen molar-refractivity contribution < 1.29 is 1.37 Å². The lowest BCUT2D eigenvalue weighted by atomic mass is 10.2. The molecule has 0 saturated heterocycles. The lowest BCUT2D eigenvalue weighted by Gasteiger charge is -1.95. The van der Waals surface area contributed by atoms with Gasteiger partial charge in [-0.25, -0.2) is 0 Å². The molecular formula is C9H7N3. The summed E-state index contributed by atoms with van der Waals surface area (Å²) in [5.41, 5.74) is 1.46. The number of rotatable bonds is 1. The van der Waals surface area contributed by atoms with Crippen LogP contribution in [0.15, 0.2) is 42.8 Å². The van der Waals surface area contributed by atoms with Crippen LogP contribution in [0, 0.1) is 0 Å². The zero-order valence-electron chi connectivity index (χ0n) is 7.31. The summed E-state index contributed by atoms with van der Waals surface area (Å²) < 4.78 is 7.59. The number of aromatic nitrogens is 3. The van der Waals surface area contributed by atoms with Gasteiger partial charge in [-0.2, -0.15) is 10.2 Å². The van der Waals surface area contributed by atoms with Crippen molar-refractivity contribution in [2.45, 2.75) is 0 Å². The molecule has 0 saturated carbocycles. The van der Waals surface area contributed by atoms with Crippen LogP contribution in [0.4, 0.5) is 0 Å². The van der Waals surface area contributed by atoms with Crippen molar-refractivity contribution in [2.75, 3.05) is 0 Å². The van der Waals surface area contributed by atoms with E-state index in [9.17, 15) is 0 Å². The first-order chi connectivity index (χ1) is 6.38. The molecule has 0 radical (unpaired) electrons. The Bertz CT molecular complexity index is 403. The molecule has 3 nitrogen and oxygen atoms in total. The molecule has 3 heteroatoms. The highest BCUT2D eigenvalue weighted by molar-refractivity contribution is 5.56. The van der Waals surface area contributed by atoms with Crippen molar-refractivity contribution in [3.63, 3.8) is 0 Å². The summed E-state index contributed by atoms with van der Waals surface area (Å²) in [5, 5.41) is 7.61. The topological polar surface area (TPSA) is 38.7 Å². The first-order valence-corrected chi connectivity index (χ1v) is 3.56. The molecular weight excluding hydrogens is 150 g/mol. The standard InChI is InChI=1S/C9H7N3/c1-2-9(12-11-5-1)8-3-6-10-7-4-8/h1-7H/i2D. The van der Waals surface area contributed by atoms with Crippen LogP contribution in [-0.2, 0) is 0 Å². The van der Waals surface area contributed by atoms with Crippen LogP contribution >= 0.6 is 0 Å². The zero-order valence-corrected chi connectivity index (χ0v) is 6.31. The third-order valence-corrected chi connectivity index (χ3v) is 1.47. The minimum Gasteiger partial charge on any atom is -0.265 e. The highest BCUT2D eigenvalue weighted by atomic mass is 15.1. The average Bonchev–Trinajstić information content (AvgIpc) is 2.20. The van der Waals surface area contributed by atoms with Crippen LogP contribution < -0.4 is 0 Å². The van der Waals surface area contributed by atoms with Crippen LogP contribution in [0.1, 0.15) is 1.37 Å². The predicted molar refractivity (Wildman–Crippen MR) is 45.3 cm³/mol. The van der Waals surface area contributed by atoms with E-state index in [1.54, 1.807) is 18.5 Å². The SMILES string of the molecule is [2H]c1ccnnc1-c1ccncc1. The van der Waals surface area contributed by atoms with Crippen LogP contribution in [0.5, 0.6) is 0 Å². The molecule has 58 valence electrons. The molecule has 0 unspecified atom stereocenters. The normalized spacial score (nSPS) is 10.8. The Kier molecular flexibility index (Phi) is 1.50. The summed E-state index contributed by atoms with van der Waals surface area (Å²) in [7, 11) is 0. The maximum Gasteiger partial charge on any atom is 0.0930 e. The first-order valence-electron chi connectivity index (χ1n) is 4.06. The third kappa shape index (κ3) is 1.29. The van der Waals surface area contributed by atoms with E-state index in [0.717, 1.165) is 5.56 Å². The van der Waals surface area contributed by atoms with Gasteiger partial charge < -0.3 is 0 Å². The maximum absolute atomic E-state index is 7.59. The van der Waals surface area contributed by atoms with Crippen molar-refractivity contribution in [1.29, 1.82) is 0 Å². The van der Waals surface area contributed by atoms with E-state index in [2.05, 4.69) is 15.2 Å².